The molecule has 0 atom stereocenters. The van der Waals surface area contributed by atoms with Crippen molar-refractivity contribution in [3.8, 4) is 5.75 Å². The first kappa shape index (κ1) is 15.3. The molecule has 2 aromatic rings. The molecule has 0 aromatic heterocycles. The Hall–Kier alpha value is -1.10. The van der Waals surface area contributed by atoms with E-state index < -0.39 is 5.82 Å². The lowest BCUT2D eigenvalue weighted by atomic mass is 10.1. The highest BCUT2D eigenvalue weighted by atomic mass is 79.9. The van der Waals surface area contributed by atoms with Crippen LogP contribution in [0.2, 0.25) is 10.0 Å². The fourth-order valence-corrected chi connectivity index (χ4v) is 2.36. The summed E-state index contributed by atoms with van der Waals surface area (Å²) in [5.41, 5.74) is 0.472. The van der Waals surface area contributed by atoms with E-state index >= 15 is 0 Å². The first-order valence-electron chi connectivity index (χ1n) is 5.53. The number of hydrogen-bond donors (Lipinski definition) is 0. The molecule has 0 saturated carbocycles. The van der Waals surface area contributed by atoms with Gasteiger partial charge in [0.15, 0.2) is 12.4 Å². The second-order valence-corrected chi connectivity index (χ2v) is 5.61. The average Bonchev–Trinajstić information content (AvgIpc) is 2.42. The van der Waals surface area contributed by atoms with Gasteiger partial charge in [0.25, 0.3) is 0 Å². The lowest BCUT2D eigenvalue weighted by Gasteiger charge is -2.08. The number of ether oxygens (including phenoxy) is 1. The van der Waals surface area contributed by atoms with E-state index in [9.17, 15) is 9.18 Å². The molecule has 2 nitrogen and oxygen atoms in total. The Kier molecular flexibility index (Phi) is 5.02. The summed E-state index contributed by atoms with van der Waals surface area (Å²) in [6, 6.07) is 8.94. The Morgan fingerprint density at radius 3 is 2.50 bits per heavy atom. The van der Waals surface area contributed by atoms with Crippen LogP contribution in [0.15, 0.2) is 40.9 Å². The minimum Gasteiger partial charge on any atom is -0.484 e. The predicted octanol–water partition coefficient (Wildman–Crippen LogP) is 5.16. The minimum absolute atomic E-state index is 0.0201. The molecule has 0 aliphatic rings. The molecule has 2 rings (SSSR count). The van der Waals surface area contributed by atoms with Crippen molar-refractivity contribution in [3.63, 3.8) is 0 Å². The average molecular weight is 378 g/mol. The van der Waals surface area contributed by atoms with E-state index in [1.165, 1.54) is 6.07 Å². The van der Waals surface area contributed by atoms with Crippen LogP contribution in [0.5, 0.6) is 5.75 Å². The van der Waals surface area contributed by atoms with Gasteiger partial charge in [-0.2, -0.15) is 0 Å². The lowest BCUT2D eigenvalue weighted by molar-refractivity contribution is 0.0920. The van der Waals surface area contributed by atoms with Crippen molar-refractivity contribution in [3.05, 3.63) is 62.3 Å². The van der Waals surface area contributed by atoms with Crippen LogP contribution in [-0.2, 0) is 0 Å². The molecule has 0 saturated heterocycles. The summed E-state index contributed by atoms with van der Waals surface area (Å²) in [5.74, 6) is -0.623. The van der Waals surface area contributed by atoms with Crippen LogP contribution in [0.3, 0.4) is 0 Å². The van der Waals surface area contributed by atoms with E-state index in [0.29, 0.717) is 15.1 Å². The van der Waals surface area contributed by atoms with Gasteiger partial charge in [-0.25, -0.2) is 4.39 Å². The molecule has 0 spiro atoms. The zero-order valence-corrected chi connectivity index (χ0v) is 13.1. The van der Waals surface area contributed by atoms with Crippen molar-refractivity contribution in [2.75, 3.05) is 6.61 Å². The third-order valence-corrected chi connectivity index (χ3v) is 3.66. The first-order valence-corrected chi connectivity index (χ1v) is 7.08. The summed E-state index contributed by atoms with van der Waals surface area (Å²) < 4.78 is 19.1. The van der Waals surface area contributed by atoms with E-state index in [-0.39, 0.29) is 23.2 Å². The highest BCUT2D eigenvalue weighted by Crippen LogP contribution is 2.30. The molecule has 0 amide bonds. The third-order valence-electron chi connectivity index (χ3n) is 2.50. The van der Waals surface area contributed by atoms with E-state index in [4.69, 9.17) is 27.9 Å². The highest BCUT2D eigenvalue weighted by molar-refractivity contribution is 9.10. The van der Waals surface area contributed by atoms with Gasteiger partial charge in [0.1, 0.15) is 11.6 Å². The molecular formula is C14H8BrCl2FO2. The number of benzene rings is 2. The number of hydrogen-bond acceptors (Lipinski definition) is 2. The van der Waals surface area contributed by atoms with E-state index in [1.807, 2.05) is 0 Å². The van der Waals surface area contributed by atoms with Crippen molar-refractivity contribution < 1.29 is 13.9 Å². The number of carbonyl (C=O) groups excluding carboxylic acids is 1. The quantitative estimate of drug-likeness (QED) is 0.543. The van der Waals surface area contributed by atoms with Gasteiger partial charge in [0.2, 0.25) is 0 Å². The maximum absolute atomic E-state index is 13.3. The second-order valence-electron chi connectivity index (χ2n) is 3.92. The van der Waals surface area contributed by atoms with Crippen molar-refractivity contribution in [2.24, 2.45) is 0 Å². The Morgan fingerprint density at radius 1 is 1.20 bits per heavy atom. The third kappa shape index (κ3) is 3.72. The maximum atomic E-state index is 13.3. The molecular weight excluding hydrogens is 370 g/mol. The number of halogens is 4. The van der Waals surface area contributed by atoms with Gasteiger partial charge in [-0.15, -0.1) is 0 Å². The normalized spacial score (nSPS) is 10.4. The largest absolute Gasteiger partial charge is 0.484 e. The van der Waals surface area contributed by atoms with Gasteiger partial charge in [-0.05, 0) is 46.3 Å². The topological polar surface area (TPSA) is 26.3 Å². The minimum atomic E-state index is -0.608. The summed E-state index contributed by atoms with van der Waals surface area (Å²) in [7, 11) is 0. The van der Waals surface area contributed by atoms with E-state index in [2.05, 4.69) is 15.9 Å². The smallest absolute Gasteiger partial charge is 0.200 e. The van der Waals surface area contributed by atoms with E-state index in [0.717, 1.165) is 6.07 Å². The van der Waals surface area contributed by atoms with Crippen molar-refractivity contribution in [1.29, 1.82) is 0 Å². The SMILES string of the molecule is O=C(COc1cc(F)c(Cl)cc1Br)c1ccc(Cl)cc1. The van der Waals surface area contributed by atoms with Gasteiger partial charge < -0.3 is 4.74 Å². The number of ketones is 1. The summed E-state index contributed by atoms with van der Waals surface area (Å²) in [4.78, 5) is 11.9. The van der Waals surface area contributed by atoms with Crippen LogP contribution in [0.25, 0.3) is 0 Å². The van der Waals surface area contributed by atoms with Crippen molar-refractivity contribution >= 4 is 44.9 Å². The Morgan fingerprint density at radius 2 is 1.85 bits per heavy atom. The summed E-state index contributed by atoms with van der Waals surface area (Å²) in [5, 5.41) is 0.526. The Bertz CT molecular complexity index is 644. The predicted molar refractivity (Wildman–Crippen MR) is 80.4 cm³/mol. The molecule has 0 fully saturated rings. The Balaban J connectivity index is 2.07. The molecule has 0 heterocycles. The number of Topliss-reactive ketones (excluding diaryl/α,β-unsaturated/α-hetero) is 1. The summed E-state index contributed by atoms with van der Waals surface area (Å²) in [6.07, 6.45) is 0. The Labute approximate surface area is 133 Å². The standard InChI is InChI=1S/C14H8BrCl2FO2/c15-10-5-11(17)12(18)6-14(10)20-7-13(19)8-1-3-9(16)4-2-8/h1-6H,7H2. The number of carbonyl (C=O) groups is 1. The zero-order valence-electron chi connectivity index (χ0n) is 10.00. The highest BCUT2D eigenvalue weighted by Gasteiger charge is 2.11. The van der Waals surface area contributed by atoms with Crippen LogP contribution in [0, 0.1) is 5.82 Å². The molecule has 2 aromatic carbocycles. The fraction of sp³-hybridized carbons (Fsp3) is 0.0714. The van der Waals surface area contributed by atoms with Crippen LogP contribution in [-0.4, -0.2) is 12.4 Å². The molecule has 0 N–H and O–H groups in total. The molecule has 6 heteroatoms. The second kappa shape index (κ2) is 6.57. The number of rotatable bonds is 4. The van der Waals surface area contributed by atoms with Gasteiger partial charge in [-0.3, -0.25) is 4.79 Å². The molecule has 0 aliphatic carbocycles. The summed E-state index contributed by atoms with van der Waals surface area (Å²) >= 11 is 14.6. The first-order chi connectivity index (χ1) is 9.47. The molecule has 0 aliphatic heterocycles. The van der Waals surface area contributed by atoms with Gasteiger partial charge in [0, 0.05) is 16.7 Å². The van der Waals surface area contributed by atoms with Crippen molar-refractivity contribution in [2.45, 2.75) is 0 Å². The zero-order chi connectivity index (χ0) is 14.7. The van der Waals surface area contributed by atoms with Gasteiger partial charge in [-0.1, -0.05) is 23.2 Å². The molecule has 0 bridgehead atoms. The van der Waals surface area contributed by atoms with Crippen LogP contribution < -0.4 is 4.74 Å². The molecule has 0 unspecified atom stereocenters. The molecule has 20 heavy (non-hydrogen) atoms. The fourth-order valence-electron chi connectivity index (χ4n) is 1.48. The van der Waals surface area contributed by atoms with Gasteiger partial charge in [0.05, 0.1) is 9.50 Å². The maximum Gasteiger partial charge on any atom is 0.200 e. The van der Waals surface area contributed by atoms with Crippen LogP contribution >= 0.6 is 39.1 Å². The van der Waals surface area contributed by atoms with Crippen LogP contribution in [0.4, 0.5) is 4.39 Å². The monoisotopic (exact) mass is 376 g/mol. The molecule has 0 radical (unpaired) electrons. The molecule has 104 valence electrons. The van der Waals surface area contributed by atoms with Gasteiger partial charge >= 0.3 is 0 Å². The summed E-state index contributed by atoms with van der Waals surface area (Å²) in [6.45, 7) is -0.207. The van der Waals surface area contributed by atoms with Crippen LogP contribution in [0.1, 0.15) is 10.4 Å². The lowest BCUT2D eigenvalue weighted by Crippen LogP contribution is -2.11. The van der Waals surface area contributed by atoms with E-state index in [1.54, 1.807) is 24.3 Å². The van der Waals surface area contributed by atoms with Crippen molar-refractivity contribution in [1.82, 2.24) is 0 Å².